The monoisotopic (exact) mass is 365 g/mol. The molecule has 3 rings (SSSR count). The highest BCUT2D eigenvalue weighted by molar-refractivity contribution is 7.98. The second-order valence-corrected chi connectivity index (χ2v) is 8.29. The summed E-state index contributed by atoms with van der Waals surface area (Å²) in [5, 5.41) is 12.5. The van der Waals surface area contributed by atoms with Crippen LogP contribution < -0.4 is 0 Å². The summed E-state index contributed by atoms with van der Waals surface area (Å²) in [6, 6.07) is 7.37. The van der Waals surface area contributed by atoms with E-state index in [1.54, 1.807) is 17.4 Å². The Kier molecular flexibility index (Phi) is 4.75. The van der Waals surface area contributed by atoms with Gasteiger partial charge in [-0.1, -0.05) is 50.2 Å². The summed E-state index contributed by atoms with van der Waals surface area (Å²) < 4.78 is 5.68. The summed E-state index contributed by atoms with van der Waals surface area (Å²) >= 11 is 9.16. The lowest BCUT2D eigenvalue weighted by atomic mass is 9.98. The van der Waals surface area contributed by atoms with E-state index < -0.39 is 0 Å². The maximum absolute atomic E-state index is 5.98. The van der Waals surface area contributed by atoms with Crippen molar-refractivity contribution < 1.29 is 4.42 Å². The first-order valence-electron chi connectivity index (χ1n) is 7.09. The zero-order valence-electron chi connectivity index (χ0n) is 13.0. The summed E-state index contributed by atoms with van der Waals surface area (Å²) in [4.78, 5) is 4.66. The zero-order valence-corrected chi connectivity index (χ0v) is 15.4. The van der Waals surface area contributed by atoms with E-state index in [-0.39, 0.29) is 5.41 Å². The molecule has 3 aromatic rings. The first-order chi connectivity index (χ1) is 10.9. The number of rotatable bonds is 4. The van der Waals surface area contributed by atoms with Crippen LogP contribution in [0.5, 0.6) is 0 Å². The minimum absolute atomic E-state index is 0.0812. The lowest BCUT2D eigenvalue weighted by Crippen LogP contribution is -2.10. The van der Waals surface area contributed by atoms with E-state index >= 15 is 0 Å². The number of thiazole rings is 1. The molecule has 0 radical (unpaired) electrons. The van der Waals surface area contributed by atoms with Gasteiger partial charge >= 0.3 is 0 Å². The SMILES string of the molecule is CC(C)(C)c1nc(CSc2nnc(-c3cccc(Cl)c3)o2)cs1. The van der Waals surface area contributed by atoms with Gasteiger partial charge in [0.15, 0.2) is 0 Å². The molecule has 0 bridgehead atoms. The molecule has 0 aliphatic heterocycles. The van der Waals surface area contributed by atoms with Gasteiger partial charge in [-0.05, 0) is 18.2 Å². The molecule has 0 saturated heterocycles. The van der Waals surface area contributed by atoms with Gasteiger partial charge in [-0.3, -0.25) is 0 Å². The van der Waals surface area contributed by atoms with Crippen molar-refractivity contribution in [1.82, 2.24) is 15.2 Å². The Hall–Kier alpha value is -1.37. The Balaban J connectivity index is 1.67. The van der Waals surface area contributed by atoms with Gasteiger partial charge in [0.2, 0.25) is 5.89 Å². The number of hydrogen-bond acceptors (Lipinski definition) is 6. The topological polar surface area (TPSA) is 51.8 Å². The molecule has 0 aliphatic rings. The fourth-order valence-corrected chi connectivity index (χ4v) is 3.72. The standard InChI is InChI=1S/C16H16ClN3OS2/c1-16(2,3)14-18-12(8-22-14)9-23-15-20-19-13(21-15)10-5-4-6-11(17)7-10/h4-8H,9H2,1-3H3. The molecule has 1 aromatic carbocycles. The number of benzene rings is 1. The predicted octanol–water partition coefficient (Wildman–Crippen LogP) is 5.44. The van der Waals surface area contributed by atoms with Gasteiger partial charge in [-0.25, -0.2) is 4.98 Å². The summed E-state index contributed by atoms with van der Waals surface area (Å²) in [5.41, 5.74) is 1.94. The third-order valence-electron chi connectivity index (χ3n) is 3.01. The molecule has 7 heteroatoms. The maximum atomic E-state index is 5.98. The molecule has 0 unspecified atom stereocenters. The van der Waals surface area contributed by atoms with Crippen molar-refractivity contribution in [3.05, 3.63) is 45.4 Å². The van der Waals surface area contributed by atoms with Crippen molar-refractivity contribution in [2.75, 3.05) is 0 Å². The van der Waals surface area contributed by atoms with E-state index in [9.17, 15) is 0 Å². The average molecular weight is 366 g/mol. The van der Waals surface area contributed by atoms with Gasteiger partial charge in [0.05, 0.1) is 10.7 Å². The van der Waals surface area contributed by atoms with Crippen molar-refractivity contribution in [1.29, 1.82) is 0 Å². The summed E-state index contributed by atoms with van der Waals surface area (Å²) in [6.07, 6.45) is 0. The van der Waals surface area contributed by atoms with Gasteiger partial charge in [0.1, 0.15) is 0 Å². The maximum Gasteiger partial charge on any atom is 0.277 e. The quantitative estimate of drug-likeness (QED) is 0.576. The van der Waals surface area contributed by atoms with Crippen LogP contribution in [0.1, 0.15) is 31.5 Å². The van der Waals surface area contributed by atoms with Crippen LogP contribution in [-0.4, -0.2) is 15.2 Å². The van der Waals surface area contributed by atoms with E-state index in [1.807, 2.05) is 18.2 Å². The first kappa shape index (κ1) is 16.5. The number of aromatic nitrogens is 3. The van der Waals surface area contributed by atoms with E-state index in [4.69, 9.17) is 16.0 Å². The van der Waals surface area contributed by atoms with Gasteiger partial charge < -0.3 is 4.42 Å². The molecule has 23 heavy (non-hydrogen) atoms. The van der Waals surface area contributed by atoms with Crippen molar-refractivity contribution in [2.24, 2.45) is 0 Å². The largest absolute Gasteiger partial charge is 0.411 e. The van der Waals surface area contributed by atoms with Gasteiger partial charge in [-0.15, -0.1) is 21.5 Å². The smallest absolute Gasteiger partial charge is 0.277 e. The Morgan fingerprint density at radius 1 is 1.26 bits per heavy atom. The molecule has 2 aromatic heterocycles. The lowest BCUT2D eigenvalue weighted by molar-refractivity contribution is 0.466. The Morgan fingerprint density at radius 2 is 2.09 bits per heavy atom. The normalized spacial score (nSPS) is 11.8. The Bertz CT molecular complexity index is 808. The average Bonchev–Trinajstić information content (AvgIpc) is 3.14. The molecule has 0 amide bonds. The number of halogens is 1. The van der Waals surface area contributed by atoms with E-state index in [2.05, 4.69) is 41.3 Å². The molecule has 120 valence electrons. The second-order valence-electron chi connectivity index (χ2n) is 6.07. The predicted molar refractivity (Wildman–Crippen MR) is 95.1 cm³/mol. The molecule has 0 N–H and O–H groups in total. The number of nitrogens with zero attached hydrogens (tertiary/aromatic N) is 3. The van der Waals surface area contributed by atoms with Crippen LogP contribution in [0.3, 0.4) is 0 Å². The number of thioether (sulfide) groups is 1. The third kappa shape index (κ3) is 4.13. The summed E-state index contributed by atoms with van der Waals surface area (Å²) in [6.45, 7) is 6.49. The van der Waals surface area contributed by atoms with Crippen LogP contribution in [0.4, 0.5) is 0 Å². The van der Waals surface area contributed by atoms with Crippen molar-refractivity contribution in [3.63, 3.8) is 0 Å². The summed E-state index contributed by atoms with van der Waals surface area (Å²) in [5.74, 6) is 1.19. The Labute approximate surface area is 148 Å². The Morgan fingerprint density at radius 3 is 2.78 bits per heavy atom. The van der Waals surface area contributed by atoms with Crippen LogP contribution in [-0.2, 0) is 11.2 Å². The minimum Gasteiger partial charge on any atom is -0.411 e. The molecule has 0 spiro atoms. The number of hydrogen-bond donors (Lipinski definition) is 0. The molecule has 0 atom stereocenters. The van der Waals surface area contributed by atoms with Gasteiger partial charge in [0, 0.05) is 27.1 Å². The lowest BCUT2D eigenvalue weighted by Gasteiger charge is -2.13. The second kappa shape index (κ2) is 6.63. The van der Waals surface area contributed by atoms with Crippen molar-refractivity contribution in [2.45, 2.75) is 37.2 Å². The van der Waals surface area contributed by atoms with E-state index in [0.29, 0.717) is 21.9 Å². The highest BCUT2D eigenvalue weighted by atomic mass is 35.5. The van der Waals surface area contributed by atoms with Crippen molar-refractivity contribution >= 4 is 34.7 Å². The van der Waals surface area contributed by atoms with E-state index in [0.717, 1.165) is 16.3 Å². The minimum atomic E-state index is 0.0812. The van der Waals surface area contributed by atoms with Crippen molar-refractivity contribution in [3.8, 4) is 11.5 Å². The highest BCUT2D eigenvalue weighted by Gasteiger charge is 2.18. The summed E-state index contributed by atoms with van der Waals surface area (Å²) in [7, 11) is 0. The zero-order chi connectivity index (χ0) is 16.4. The fourth-order valence-electron chi connectivity index (χ4n) is 1.86. The molecular formula is C16H16ClN3OS2. The molecule has 0 fully saturated rings. The fraction of sp³-hybridized carbons (Fsp3) is 0.312. The van der Waals surface area contributed by atoms with Crippen LogP contribution in [0.2, 0.25) is 5.02 Å². The highest BCUT2D eigenvalue weighted by Crippen LogP contribution is 2.30. The molecule has 0 aliphatic carbocycles. The van der Waals surface area contributed by atoms with Gasteiger partial charge in [-0.2, -0.15) is 0 Å². The molecule has 4 nitrogen and oxygen atoms in total. The van der Waals surface area contributed by atoms with Crippen LogP contribution in [0.15, 0.2) is 39.3 Å². The van der Waals surface area contributed by atoms with Crippen LogP contribution in [0, 0.1) is 0 Å². The molecule has 0 saturated carbocycles. The molecule has 2 heterocycles. The molecular weight excluding hydrogens is 350 g/mol. The van der Waals surface area contributed by atoms with Gasteiger partial charge in [0.25, 0.3) is 5.22 Å². The third-order valence-corrected chi connectivity index (χ3v) is 5.42. The van der Waals surface area contributed by atoms with E-state index in [1.165, 1.54) is 11.8 Å². The van der Waals surface area contributed by atoms with Crippen LogP contribution in [0.25, 0.3) is 11.5 Å². The van der Waals surface area contributed by atoms with Crippen LogP contribution >= 0.6 is 34.7 Å². The first-order valence-corrected chi connectivity index (χ1v) is 9.33.